The van der Waals surface area contributed by atoms with Gasteiger partial charge in [-0.1, -0.05) is 17.7 Å². The summed E-state index contributed by atoms with van der Waals surface area (Å²) in [5, 5.41) is 9.89. The molecule has 1 aliphatic rings. The molecule has 1 aromatic heterocycles. The number of hydrogen-bond donors (Lipinski definition) is 1. The normalized spacial score (nSPS) is 18.6. The number of pyridine rings is 1. The predicted octanol–water partition coefficient (Wildman–Crippen LogP) is 1.47. The van der Waals surface area contributed by atoms with Gasteiger partial charge in [0, 0.05) is 31.7 Å². The lowest BCUT2D eigenvalue weighted by Crippen LogP contribution is -2.36. The summed E-state index contributed by atoms with van der Waals surface area (Å²) in [6.07, 6.45) is 0.648. The molecule has 0 saturated carbocycles. The molecule has 0 fully saturated rings. The van der Waals surface area contributed by atoms with E-state index >= 15 is 0 Å². The second-order valence-electron chi connectivity index (χ2n) is 4.07. The lowest BCUT2D eigenvalue weighted by molar-refractivity contribution is 0.118. The van der Waals surface area contributed by atoms with Crippen molar-refractivity contribution >= 4 is 11.6 Å². The van der Waals surface area contributed by atoms with Crippen molar-refractivity contribution in [1.82, 2.24) is 9.88 Å². The lowest BCUT2D eigenvalue weighted by Gasteiger charge is -2.28. The summed E-state index contributed by atoms with van der Waals surface area (Å²) in [6.45, 7) is 4.35. The molecule has 2 heterocycles. The van der Waals surface area contributed by atoms with Gasteiger partial charge in [-0.25, -0.2) is 4.98 Å². The molecule has 1 N–H and O–H groups in total. The molecule has 1 aromatic rings. The van der Waals surface area contributed by atoms with Crippen LogP contribution in [0.3, 0.4) is 0 Å². The van der Waals surface area contributed by atoms with Gasteiger partial charge < -0.3 is 5.11 Å². The highest BCUT2D eigenvalue weighted by Crippen LogP contribution is 2.19. The number of aromatic nitrogens is 1. The van der Waals surface area contributed by atoms with Gasteiger partial charge in [-0.05, 0) is 18.6 Å². The predicted molar refractivity (Wildman–Crippen MR) is 59.9 cm³/mol. The maximum atomic E-state index is 9.32. The second kappa shape index (κ2) is 4.47. The fraction of sp³-hybridized carbons (Fsp3) is 0.545. The molecule has 0 radical (unpaired) electrons. The minimum atomic E-state index is -0.271. The highest BCUT2D eigenvalue weighted by Gasteiger charge is 2.18. The van der Waals surface area contributed by atoms with Gasteiger partial charge in [-0.2, -0.15) is 0 Å². The van der Waals surface area contributed by atoms with Crippen LogP contribution >= 0.6 is 11.6 Å². The van der Waals surface area contributed by atoms with E-state index in [-0.39, 0.29) is 6.10 Å². The van der Waals surface area contributed by atoms with Gasteiger partial charge in [0.25, 0.3) is 0 Å². The Balaban J connectivity index is 2.10. The largest absolute Gasteiger partial charge is 0.392 e. The first kappa shape index (κ1) is 10.9. The van der Waals surface area contributed by atoms with Crippen molar-refractivity contribution in [2.24, 2.45) is 0 Å². The molecule has 4 heteroatoms. The van der Waals surface area contributed by atoms with Gasteiger partial charge >= 0.3 is 0 Å². The van der Waals surface area contributed by atoms with E-state index in [4.69, 9.17) is 11.6 Å². The fourth-order valence-electron chi connectivity index (χ4n) is 1.98. The van der Waals surface area contributed by atoms with Gasteiger partial charge in [-0.3, -0.25) is 4.90 Å². The molecule has 1 aliphatic heterocycles. The topological polar surface area (TPSA) is 36.4 Å². The van der Waals surface area contributed by atoms with Crippen LogP contribution in [0.4, 0.5) is 0 Å². The van der Waals surface area contributed by atoms with Crippen LogP contribution in [0.25, 0.3) is 0 Å². The van der Waals surface area contributed by atoms with Crippen LogP contribution < -0.4 is 0 Å². The molecule has 0 aliphatic carbocycles. The van der Waals surface area contributed by atoms with Gasteiger partial charge in [0.2, 0.25) is 0 Å². The molecule has 0 saturated heterocycles. The number of rotatable bonds is 2. The summed E-state index contributed by atoms with van der Waals surface area (Å²) < 4.78 is 0. The first-order valence-corrected chi connectivity index (χ1v) is 5.57. The van der Waals surface area contributed by atoms with Gasteiger partial charge in [0.15, 0.2) is 0 Å². The summed E-state index contributed by atoms with van der Waals surface area (Å²) in [5.41, 5.74) is 2.33. The molecule has 1 unspecified atom stereocenters. The third-order valence-corrected chi connectivity index (χ3v) is 2.83. The number of β-amino-alcohol motifs (C(OH)–C–C–N with tert-alkyl or cyclic N) is 1. The van der Waals surface area contributed by atoms with Gasteiger partial charge in [0.05, 0.1) is 6.10 Å². The number of aliphatic hydroxyl groups excluding tert-OH is 1. The third-order valence-electron chi connectivity index (χ3n) is 2.62. The van der Waals surface area contributed by atoms with Gasteiger partial charge in [0.1, 0.15) is 5.15 Å². The summed E-state index contributed by atoms with van der Waals surface area (Å²) in [7, 11) is 0. The van der Waals surface area contributed by atoms with Crippen LogP contribution in [-0.4, -0.2) is 34.2 Å². The average molecular weight is 227 g/mol. The Morgan fingerprint density at radius 3 is 3.13 bits per heavy atom. The van der Waals surface area contributed by atoms with E-state index in [2.05, 4.69) is 9.88 Å². The lowest BCUT2D eigenvalue weighted by atomic mass is 10.1. The average Bonchev–Trinajstić information content (AvgIpc) is 2.17. The zero-order chi connectivity index (χ0) is 10.8. The van der Waals surface area contributed by atoms with E-state index in [1.54, 1.807) is 0 Å². The number of halogens is 1. The molecule has 15 heavy (non-hydrogen) atoms. The molecular weight excluding hydrogens is 212 g/mol. The SMILES string of the molecule is CC(O)CN1CCc2nc(Cl)ccc2C1. The van der Waals surface area contributed by atoms with Crippen molar-refractivity contribution in [1.29, 1.82) is 0 Å². The smallest absolute Gasteiger partial charge is 0.129 e. The fourth-order valence-corrected chi connectivity index (χ4v) is 2.14. The first-order valence-electron chi connectivity index (χ1n) is 5.20. The quantitative estimate of drug-likeness (QED) is 0.776. The van der Waals surface area contributed by atoms with Crippen molar-refractivity contribution in [3.05, 3.63) is 28.5 Å². The van der Waals surface area contributed by atoms with E-state index in [9.17, 15) is 5.11 Å². The van der Waals surface area contributed by atoms with Crippen molar-refractivity contribution in [3.8, 4) is 0 Å². The maximum absolute atomic E-state index is 9.32. The standard InChI is InChI=1S/C11H15ClN2O/c1-8(15)6-14-5-4-10-9(7-14)2-3-11(12)13-10/h2-3,8,15H,4-7H2,1H3. The maximum Gasteiger partial charge on any atom is 0.129 e. The van der Waals surface area contributed by atoms with Crippen molar-refractivity contribution in [2.45, 2.75) is 26.0 Å². The zero-order valence-electron chi connectivity index (χ0n) is 8.78. The molecule has 0 spiro atoms. The number of aliphatic hydroxyl groups is 1. The Morgan fingerprint density at radius 1 is 1.60 bits per heavy atom. The molecule has 1 atom stereocenters. The highest BCUT2D eigenvalue weighted by atomic mass is 35.5. The Labute approximate surface area is 94.7 Å². The zero-order valence-corrected chi connectivity index (χ0v) is 9.54. The van der Waals surface area contributed by atoms with Crippen molar-refractivity contribution < 1.29 is 5.11 Å². The molecular formula is C11H15ClN2O. The summed E-state index contributed by atoms with van der Waals surface area (Å²) in [6, 6.07) is 3.85. The van der Waals surface area contributed by atoms with Crippen LogP contribution in [0.5, 0.6) is 0 Å². The Hall–Kier alpha value is -0.640. The minimum absolute atomic E-state index is 0.271. The number of nitrogens with zero attached hydrogens (tertiary/aromatic N) is 2. The Kier molecular flexibility index (Phi) is 3.24. The Bertz CT molecular complexity index is 354. The molecule has 2 rings (SSSR count). The van der Waals surface area contributed by atoms with Gasteiger partial charge in [-0.15, -0.1) is 0 Å². The van der Waals surface area contributed by atoms with Crippen LogP contribution in [0.2, 0.25) is 5.15 Å². The first-order chi connectivity index (χ1) is 7.15. The minimum Gasteiger partial charge on any atom is -0.392 e. The van der Waals surface area contributed by atoms with E-state index in [0.29, 0.717) is 5.15 Å². The molecule has 0 amide bonds. The number of hydrogen-bond acceptors (Lipinski definition) is 3. The van der Waals surface area contributed by atoms with E-state index < -0.39 is 0 Å². The van der Waals surface area contributed by atoms with Crippen LogP contribution in [0.1, 0.15) is 18.2 Å². The summed E-state index contributed by atoms with van der Waals surface area (Å²) >= 11 is 5.83. The Morgan fingerprint density at radius 2 is 2.40 bits per heavy atom. The van der Waals surface area contributed by atoms with E-state index in [1.165, 1.54) is 5.56 Å². The summed E-state index contributed by atoms with van der Waals surface area (Å²) in [4.78, 5) is 6.54. The van der Waals surface area contributed by atoms with Crippen LogP contribution in [0, 0.1) is 0 Å². The van der Waals surface area contributed by atoms with Crippen molar-refractivity contribution in [2.75, 3.05) is 13.1 Å². The van der Waals surface area contributed by atoms with Crippen LogP contribution in [0.15, 0.2) is 12.1 Å². The van der Waals surface area contributed by atoms with E-state index in [1.807, 2.05) is 19.1 Å². The number of fused-ring (bicyclic) bond motifs is 1. The molecule has 82 valence electrons. The molecule has 3 nitrogen and oxygen atoms in total. The van der Waals surface area contributed by atoms with E-state index in [0.717, 1.165) is 31.7 Å². The highest BCUT2D eigenvalue weighted by molar-refractivity contribution is 6.29. The summed E-state index contributed by atoms with van der Waals surface area (Å²) in [5.74, 6) is 0. The van der Waals surface area contributed by atoms with Crippen LogP contribution in [-0.2, 0) is 13.0 Å². The molecule has 0 bridgehead atoms. The van der Waals surface area contributed by atoms with Crippen molar-refractivity contribution in [3.63, 3.8) is 0 Å². The molecule has 0 aromatic carbocycles. The second-order valence-corrected chi connectivity index (χ2v) is 4.46. The monoisotopic (exact) mass is 226 g/mol. The third kappa shape index (κ3) is 2.68.